The first-order chi connectivity index (χ1) is 12.6. The van der Waals surface area contributed by atoms with Crippen molar-refractivity contribution in [1.29, 1.82) is 0 Å². The number of benzene rings is 1. The number of hydrogen-bond donors (Lipinski definition) is 1. The fraction of sp³-hybridized carbons (Fsp3) is 0.450. The standard InChI is InChI=1S/C20H26N4O2/c1-15-18(16(2)24(22-15)17-9-5-3-6-10-17)19(25)20(26)21-11-14-23-12-7-4-8-13-23/h3,5-6,9-10H,4,7-8,11-14H2,1-2H3,(H,21,26). The summed E-state index contributed by atoms with van der Waals surface area (Å²) in [6.45, 7) is 7.02. The molecular formula is C20H26N4O2. The number of Topliss-reactive ketones (excluding diaryl/α,β-unsaturated/α-hetero) is 1. The van der Waals surface area contributed by atoms with Gasteiger partial charge in [-0.2, -0.15) is 5.10 Å². The molecule has 1 amide bonds. The van der Waals surface area contributed by atoms with E-state index in [0.717, 1.165) is 25.3 Å². The van der Waals surface area contributed by atoms with Crippen molar-refractivity contribution >= 4 is 11.7 Å². The molecule has 3 rings (SSSR count). The van der Waals surface area contributed by atoms with Gasteiger partial charge in [-0.05, 0) is 51.9 Å². The highest BCUT2D eigenvalue weighted by molar-refractivity contribution is 6.43. The van der Waals surface area contributed by atoms with Gasteiger partial charge in [0.1, 0.15) is 0 Å². The van der Waals surface area contributed by atoms with Crippen LogP contribution in [0.3, 0.4) is 0 Å². The van der Waals surface area contributed by atoms with Crippen molar-refractivity contribution in [3.8, 4) is 5.69 Å². The van der Waals surface area contributed by atoms with Gasteiger partial charge in [-0.15, -0.1) is 0 Å². The van der Waals surface area contributed by atoms with Gasteiger partial charge in [0.05, 0.1) is 22.6 Å². The topological polar surface area (TPSA) is 67.2 Å². The predicted octanol–water partition coefficient (Wildman–Crippen LogP) is 2.27. The molecule has 6 heteroatoms. The van der Waals surface area contributed by atoms with Gasteiger partial charge in [-0.25, -0.2) is 4.68 Å². The Morgan fingerprint density at radius 1 is 1.08 bits per heavy atom. The second-order valence-electron chi connectivity index (χ2n) is 6.78. The van der Waals surface area contributed by atoms with E-state index in [0.29, 0.717) is 23.5 Å². The third kappa shape index (κ3) is 4.02. The minimum Gasteiger partial charge on any atom is -0.348 e. The first-order valence-corrected chi connectivity index (χ1v) is 9.24. The second kappa shape index (κ2) is 8.27. The number of hydrogen-bond acceptors (Lipinski definition) is 4. The van der Waals surface area contributed by atoms with Crippen LogP contribution in [0.2, 0.25) is 0 Å². The minimum atomic E-state index is -0.555. The number of carbonyl (C=O) groups excluding carboxylic acids is 2. The van der Waals surface area contributed by atoms with Gasteiger partial charge in [-0.3, -0.25) is 9.59 Å². The molecule has 0 spiro atoms. The molecule has 1 aromatic carbocycles. The van der Waals surface area contributed by atoms with Crippen LogP contribution < -0.4 is 5.32 Å². The van der Waals surface area contributed by atoms with Crippen molar-refractivity contribution in [3.05, 3.63) is 47.3 Å². The zero-order chi connectivity index (χ0) is 18.5. The number of likely N-dealkylation sites (tertiary alicyclic amines) is 1. The number of piperidine rings is 1. The lowest BCUT2D eigenvalue weighted by Crippen LogP contribution is -2.40. The van der Waals surface area contributed by atoms with Crippen LogP contribution in [0.15, 0.2) is 30.3 Å². The average Bonchev–Trinajstić information content (AvgIpc) is 2.97. The normalized spacial score (nSPS) is 15.0. The molecule has 2 aromatic rings. The number of carbonyl (C=O) groups is 2. The summed E-state index contributed by atoms with van der Waals surface area (Å²) in [7, 11) is 0. The molecule has 1 fully saturated rings. The van der Waals surface area contributed by atoms with Crippen molar-refractivity contribution in [3.63, 3.8) is 0 Å². The lowest BCUT2D eigenvalue weighted by molar-refractivity contribution is -0.117. The fourth-order valence-corrected chi connectivity index (χ4v) is 3.50. The largest absolute Gasteiger partial charge is 0.348 e. The van der Waals surface area contributed by atoms with Gasteiger partial charge in [-0.1, -0.05) is 24.6 Å². The number of ketones is 1. The van der Waals surface area contributed by atoms with Crippen LogP contribution in [0.1, 0.15) is 41.0 Å². The Bertz CT molecular complexity index is 777. The van der Waals surface area contributed by atoms with E-state index in [1.807, 2.05) is 37.3 Å². The second-order valence-corrected chi connectivity index (χ2v) is 6.78. The Morgan fingerprint density at radius 2 is 1.77 bits per heavy atom. The summed E-state index contributed by atoms with van der Waals surface area (Å²) in [6, 6.07) is 9.61. The van der Waals surface area contributed by atoms with Gasteiger partial charge in [0, 0.05) is 13.1 Å². The maximum absolute atomic E-state index is 12.6. The van der Waals surface area contributed by atoms with E-state index in [4.69, 9.17) is 0 Å². The van der Waals surface area contributed by atoms with Crippen molar-refractivity contribution < 1.29 is 9.59 Å². The quantitative estimate of drug-likeness (QED) is 0.638. The summed E-state index contributed by atoms with van der Waals surface area (Å²) < 4.78 is 1.71. The molecule has 138 valence electrons. The Labute approximate surface area is 154 Å². The van der Waals surface area contributed by atoms with Gasteiger partial charge in [0.15, 0.2) is 0 Å². The highest BCUT2D eigenvalue weighted by Gasteiger charge is 2.25. The van der Waals surface area contributed by atoms with Crippen molar-refractivity contribution in [2.45, 2.75) is 33.1 Å². The molecule has 1 saturated heterocycles. The van der Waals surface area contributed by atoms with Gasteiger partial charge in [0.25, 0.3) is 11.7 Å². The van der Waals surface area contributed by atoms with E-state index in [-0.39, 0.29) is 0 Å². The molecule has 26 heavy (non-hydrogen) atoms. The molecule has 1 aliphatic heterocycles. The molecule has 0 unspecified atom stereocenters. The van der Waals surface area contributed by atoms with Crippen LogP contribution in [0.4, 0.5) is 0 Å². The average molecular weight is 354 g/mol. The summed E-state index contributed by atoms with van der Waals surface area (Å²) in [5.74, 6) is -1.07. The van der Waals surface area contributed by atoms with Crippen LogP contribution in [-0.4, -0.2) is 52.5 Å². The van der Waals surface area contributed by atoms with E-state index in [9.17, 15) is 9.59 Å². The molecule has 0 radical (unpaired) electrons. The minimum absolute atomic E-state index is 0.393. The van der Waals surface area contributed by atoms with Crippen LogP contribution >= 0.6 is 0 Å². The van der Waals surface area contributed by atoms with Crippen LogP contribution in [0.5, 0.6) is 0 Å². The van der Waals surface area contributed by atoms with E-state index in [1.54, 1.807) is 11.6 Å². The van der Waals surface area contributed by atoms with E-state index in [2.05, 4.69) is 15.3 Å². The summed E-state index contributed by atoms with van der Waals surface area (Å²) >= 11 is 0. The van der Waals surface area contributed by atoms with E-state index >= 15 is 0 Å². The lowest BCUT2D eigenvalue weighted by atomic mass is 10.1. The number of rotatable bonds is 6. The van der Waals surface area contributed by atoms with E-state index < -0.39 is 11.7 Å². The molecule has 2 heterocycles. The molecular weight excluding hydrogens is 328 g/mol. The Hall–Kier alpha value is -2.47. The van der Waals surface area contributed by atoms with Crippen molar-refractivity contribution in [2.75, 3.05) is 26.2 Å². The summed E-state index contributed by atoms with van der Waals surface area (Å²) in [6.07, 6.45) is 3.71. The maximum Gasteiger partial charge on any atom is 0.292 e. The zero-order valence-electron chi connectivity index (χ0n) is 15.5. The first-order valence-electron chi connectivity index (χ1n) is 9.24. The third-order valence-electron chi connectivity index (χ3n) is 4.89. The number of nitrogens with one attached hydrogen (secondary N) is 1. The molecule has 1 N–H and O–H groups in total. The predicted molar refractivity (Wildman–Crippen MR) is 101 cm³/mol. The van der Waals surface area contributed by atoms with Crippen LogP contribution in [0.25, 0.3) is 5.69 Å². The molecule has 0 saturated carbocycles. The monoisotopic (exact) mass is 354 g/mol. The maximum atomic E-state index is 12.6. The SMILES string of the molecule is Cc1nn(-c2ccccc2)c(C)c1C(=O)C(=O)NCCN1CCCCC1. The molecule has 1 aromatic heterocycles. The Morgan fingerprint density at radius 3 is 2.46 bits per heavy atom. The lowest BCUT2D eigenvalue weighted by Gasteiger charge is -2.26. The molecule has 6 nitrogen and oxygen atoms in total. The van der Waals surface area contributed by atoms with Gasteiger partial charge >= 0.3 is 0 Å². The van der Waals surface area contributed by atoms with Gasteiger partial charge < -0.3 is 10.2 Å². The summed E-state index contributed by atoms with van der Waals surface area (Å²) in [5.41, 5.74) is 2.52. The number of para-hydroxylation sites is 1. The summed E-state index contributed by atoms with van der Waals surface area (Å²) in [4.78, 5) is 27.3. The van der Waals surface area contributed by atoms with Crippen molar-refractivity contribution in [2.24, 2.45) is 0 Å². The van der Waals surface area contributed by atoms with Gasteiger partial charge in [0.2, 0.25) is 0 Å². The van der Waals surface area contributed by atoms with Crippen LogP contribution in [-0.2, 0) is 4.79 Å². The molecule has 0 atom stereocenters. The smallest absolute Gasteiger partial charge is 0.292 e. The molecule has 1 aliphatic rings. The number of amides is 1. The zero-order valence-corrected chi connectivity index (χ0v) is 15.5. The number of nitrogens with zero attached hydrogens (tertiary/aromatic N) is 3. The highest BCUT2D eigenvalue weighted by Crippen LogP contribution is 2.18. The third-order valence-corrected chi connectivity index (χ3v) is 4.89. The summed E-state index contributed by atoms with van der Waals surface area (Å²) in [5, 5.41) is 7.21. The van der Waals surface area contributed by atoms with E-state index in [1.165, 1.54) is 19.3 Å². The number of aromatic nitrogens is 2. The first kappa shape index (κ1) is 18.3. The molecule has 0 aliphatic carbocycles. The van der Waals surface area contributed by atoms with Crippen molar-refractivity contribution in [1.82, 2.24) is 20.0 Å². The number of aryl methyl sites for hydroxylation is 1. The Balaban J connectivity index is 1.65. The Kier molecular flexibility index (Phi) is 5.83. The highest BCUT2D eigenvalue weighted by atomic mass is 16.2. The van der Waals surface area contributed by atoms with Crippen LogP contribution in [0, 0.1) is 13.8 Å². The molecule has 0 bridgehead atoms. The fourth-order valence-electron chi connectivity index (χ4n) is 3.50.